The van der Waals surface area contributed by atoms with Crippen LogP contribution in [0.15, 0.2) is 67.0 Å². The Bertz CT molecular complexity index is 997. The van der Waals surface area contributed by atoms with Gasteiger partial charge in [-0.05, 0) is 64.6 Å². The van der Waals surface area contributed by atoms with Gasteiger partial charge in [0.15, 0.2) is 0 Å². The average Bonchev–Trinajstić information content (AvgIpc) is 2.80. The Balaban J connectivity index is 2.21. The Labute approximate surface area is 211 Å². The molecule has 1 atom stereocenters. The minimum Gasteiger partial charge on any atom is -0.256 e. The van der Waals surface area contributed by atoms with Gasteiger partial charge in [0.2, 0.25) is 0 Å². The van der Waals surface area contributed by atoms with Crippen molar-refractivity contribution in [3.05, 3.63) is 83.7 Å². The lowest BCUT2D eigenvalue weighted by Crippen LogP contribution is -2.45. The van der Waals surface area contributed by atoms with E-state index in [2.05, 4.69) is 100 Å². The number of nitrogens with zero attached hydrogens (tertiary/aromatic N) is 2. The summed E-state index contributed by atoms with van der Waals surface area (Å²) in [6.45, 7) is 16.5. The van der Waals surface area contributed by atoms with Gasteiger partial charge in [-0.3, -0.25) is 9.97 Å². The molecule has 0 saturated carbocycles. The van der Waals surface area contributed by atoms with E-state index in [1.54, 1.807) is 0 Å². The van der Waals surface area contributed by atoms with Crippen LogP contribution in [0, 0.1) is 10.8 Å². The van der Waals surface area contributed by atoms with Crippen LogP contribution in [0.2, 0.25) is 0 Å². The van der Waals surface area contributed by atoms with Gasteiger partial charge in [0.1, 0.15) is 0 Å². The highest BCUT2D eigenvalue weighted by molar-refractivity contribution is 7.71. The van der Waals surface area contributed by atoms with Crippen LogP contribution in [0.1, 0.15) is 78.0 Å². The number of hydrogen-bond acceptors (Lipinski definition) is 2. The Hall–Kier alpha value is -1.62. The van der Waals surface area contributed by atoms with E-state index in [0.717, 1.165) is 23.5 Å². The van der Waals surface area contributed by atoms with E-state index >= 15 is 0 Å². The third-order valence-electron chi connectivity index (χ3n) is 6.96. The number of benzene rings is 1. The zero-order chi connectivity index (χ0) is 25.0. The molecule has 2 nitrogen and oxygen atoms in total. The summed E-state index contributed by atoms with van der Waals surface area (Å²) >= 11 is 0. The monoisotopic (exact) mass is 492 g/mol. The third kappa shape index (κ3) is 5.78. The highest BCUT2D eigenvalue weighted by atomic mass is 31.1. The molecule has 0 N–H and O–H groups in total. The van der Waals surface area contributed by atoms with Gasteiger partial charge in [0.05, 0.1) is 10.9 Å². The molecule has 0 fully saturated rings. The van der Waals surface area contributed by atoms with Crippen molar-refractivity contribution in [3.63, 3.8) is 0 Å². The van der Waals surface area contributed by atoms with Crippen molar-refractivity contribution in [1.82, 2.24) is 9.97 Å². The normalized spacial score (nSPS) is 12.9. The molecule has 3 aromatic rings. The fourth-order valence-corrected chi connectivity index (χ4v) is 7.50. The van der Waals surface area contributed by atoms with Crippen LogP contribution in [0.5, 0.6) is 0 Å². The van der Waals surface area contributed by atoms with E-state index in [1.807, 2.05) is 24.5 Å². The first-order valence-electron chi connectivity index (χ1n) is 12.5. The van der Waals surface area contributed by atoms with Crippen LogP contribution < -0.4 is 10.9 Å². The van der Waals surface area contributed by atoms with Crippen molar-refractivity contribution in [2.24, 2.45) is 10.8 Å². The van der Waals surface area contributed by atoms with E-state index in [9.17, 15) is 0 Å². The van der Waals surface area contributed by atoms with Crippen molar-refractivity contribution < 1.29 is 0 Å². The molecule has 2 aromatic heterocycles. The van der Waals surface area contributed by atoms with Crippen molar-refractivity contribution in [2.45, 2.75) is 79.0 Å². The fraction of sp³-hybridized carbons (Fsp3) is 0.467. The van der Waals surface area contributed by atoms with Crippen molar-refractivity contribution in [3.8, 4) is 0 Å². The lowest BCUT2D eigenvalue weighted by molar-refractivity contribution is 0.139. The SMILES string of the molecule is CCCCc1ccc(C(P)(C(C)(C)C)C(C)(C)C)c(CP(c2ccccn2)c2ccccn2)c1. The van der Waals surface area contributed by atoms with Crippen molar-refractivity contribution >= 4 is 28.0 Å². The first-order valence-corrected chi connectivity index (χ1v) is 14.6. The third-order valence-corrected chi connectivity index (χ3v) is 11.3. The predicted molar refractivity (Wildman–Crippen MR) is 154 cm³/mol. The molecule has 4 heteroatoms. The van der Waals surface area contributed by atoms with E-state index < -0.39 is 7.92 Å². The number of hydrogen-bond donors (Lipinski definition) is 0. The molecule has 1 unspecified atom stereocenters. The zero-order valence-corrected chi connectivity index (χ0v) is 24.1. The maximum Gasteiger partial charge on any atom is 0.0695 e. The minimum atomic E-state index is -0.719. The van der Waals surface area contributed by atoms with Gasteiger partial charge in [-0.15, -0.1) is 9.24 Å². The zero-order valence-electron chi connectivity index (χ0n) is 22.1. The lowest BCUT2D eigenvalue weighted by Gasteiger charge is -2.52. The molecule has 0 spiro atoms. The van der Waals surface area contributed by atoms with Gasteiger partial charge in [0, 0.05) is 31.6 Å². The maximum absolute atomic E-state index is 4.80. The largest absolute Gasteiger partial charge is 0.256 e. The quantitative estimate of drug-likeness (QED) is 0.302. The molecule has 0 radical (unpaired) electrons. The van der Waals surface area contributed by atoms with Crippen LogP contribution in [-0.4, -0.2) is 9.97 Å². The van der Waals surface area contributed by atoms with Crippen molar-refractivity contribution in [1.29, 1.82) is 0 Å². The van der Waals surface area contributed by atoms with Gasteiger partial charge >= 0.3 is 0 Å². The minimum absolute atomic E-state index is 0.0638. The number of rotatable bonds is 8. The van der Waals surface area contributed by atoms with E-state index in [1.165, 1.54) is 29.5 Å². The lowest BCUT2D eigenvalue weighted by atomic mass is 9.61. The summed E-state index contributed by atoms with van der Waals surface area (Å²) in [6.07, 6.45) is 8.33. The van der Waals surface area contributed by atoms with E-state index in [4.69, 9.17) is 9.97 Å². The summed E-state index contributed by atoms with van der Waals surface area (Å²) in [4.78, 5) is 9.59. The second kappa shape index (κ2) is 11.0. The smallest absolute Gasteiger partial charge is 0.0695 e. The first kappa shape index (κ1) is 27.0. The van der Waals surface area contributed by atoms with Crippen LogP contribution in [-0.2, 0) is 17.7 Å². The number of unbranched alkanes of at least 4 members (excludes halogenated alkanes) is 1. The highest BCUT2D eigenvalue weighted by Crippen LogP contribution is 2.59. The molecule has 182 valence electrons. The van der Waals surface area contributed by atoms with E-state index in [-0.39, 0.29) is 16.0 Å². The summed E-state index contributed by atoms with van der Waals surface area (Å²) < 4.78 is 0. The summed E-state index contributed by atoms with van der Waals surface area (Å²) in [5, 5.41) is -0.0894. The summed E-state index contributed by atoms with van der Waals surface area (Å²) in [5.41, 5.74) is 6.73. The molecule has 0 aliphatic rings. The number of aryl methyl sites for hydroxylation is 1. The second-order valence-electron chi connectivity index (χ2n) is 11.4. The summed E-state index contributed by atoms with van der Waals surface area (Å²) in [6, 6.07) is 19.8. The number of pyridine rings is 2. The average molecular weight is 493 g/mol. The van der Waals surface area contributed by atoms with E-state index in [0.29, 0.717) is 0 Å². The topological polar surface area (TPSA) is 25.8 Å². The molecule has 0 saturated heterocycles. The summed E-state index contributed by atoms with van der Waals surface area (Å²) in [7, 11) is 2.58. The van der Waals surface area contributed by atoms with Crippen LogP contribution in [0.25, 0.3) is 0 Å². The Kier molecular flexibility index (Phi) is 8.70. The Morgan fingerprint density at radius 1 is 0.794 bits per heavy atom. The van der Waals surface area contributed by atoms with Gasteiger partial charge in [-0.25, -0.2) is 0 Å². The summed E-state index contributed by atoms with van der Waals surface area (Å²) in [5.74, 6) is 0. The molecule has 0 amide bonds. The van der Waals surface area contributed by atoms with Gasteiger partial charge < -0.3 is 0 Å². The molecular formula is C30H42N2P2. The molecule has 1 aromatic carbocycles. The van der Waals surface area contributed by atoms with Gasteiger partial charge in [-0.1, -0.05) is 85.2 Å². The second-order valence-corrected chi connectivity index (χ2v) is 14.3. The predicted octanol–water partition coefficient (Wildman–Crippen LogP) is 7.61. The van der Waals surface area contributed by atoms with Gasteiger partial charge in [0.25, 0.3) is 0 Å². The molecule has 0 aliphatic heterocycles. The maximum atomic E-state index is 4.80. The Morgan fingerprint density at radius 2 is 1.35 bits per heavy atom. The molecule has 0 bridgehead atoms. The van der Waals surface area contributed by atoms with Gasteiger partial charge in [-0.2, -0.15) is 0 Å². The molecule has 3 rings (SSSR count). The Morgan fingerprint density at radius 3 is 1.79 bits per heavy atom. The van der Waals surface area contributed by atoms with Crippen LogP contribution in [0.4, 0.5) is 0 Å². The molecule has 34 heavy (non-hydrogen) atoms. The van der Waals surface area contributed by atoms with Crippen LogP contribution >= 0.6 is 17.2 Å². The van der Waals surface area contributed by atoms with Crippen LogP contribution in [0.3, 0.4) is 0 Å². The standard InChI is InChI=1S/C30H42N2P2/c1-8-9-14-23-17-18-25(30(33,28(2,3)4)29(5,6)7)24(21-23)22-34(26-15-10-12-19-31-26)27-16-11-13-20-32-27/h10-13,15-21H,8-9,14,22,33H2,1-7H3. The van der Waals surface area contributed by atoms with Crippen molar-refractivity contribution in [2.75, 3.05) is 0 Å². The molecule has 0 aliphatic carbocycles. The molecular weight excluding hydrogens is 450 g/mol. The number of aromatic nitrogens is 2. The molecule has 2 heterocycles. The fourth-order valence-electron chi connectivity index (χ4n) is 5.11. The highest BCUT2D eigenvalue weighted by Gasteiger charge is 2.49. The first-order chi connectivity index (χ1) is 16.0.